The van der Waals surface area contributed by atoms with Gasteiger partial charge in [-0.25, -0.2) is 9.97 Å². The minimum absolute atomic E-state index is 0.0635. The highest BCUT2D eigenvalue weighted by Crippen LogP contribution is 2.42. The van der Waals surface area contributed by atoms with Crippen molar-refractivity contribution in [1.82, 2.24) is 9.97 Å². The van der Waals surface area contributed by atoms with Crippen LogP contribution >= 0.6 is 23.3 Å². The van der Waals surface area contributed by atoms with Crippen molar-refractivity contribution >= 4 is 34.2 Å². The van der Waals surface area contributed by atoms with Crippen LogP contribution in [0, 0.1) is 22.7 Å². The Morgan fingerprint density at radius 1 is 1.00 bits per heavy atom. The molecule has 0 fully saturated rings. The van der Waals surface area contributed by atoms with Crippen LogP contribution in [0.25, 0.3) is 21.7 Å². The molecule has 0 amide bonds. The second kappa shape index (κ2) is 15.0. The Bertz CT molecular complexity index is 1570. The molecule has 1 atom stereocenters. The molecule has 1 aliphatic heterocycles. The van der Waals surface area contributed by atoms with Crippen LogP contribution in [-0.4, -0.2) is 29.7 Å². The number of thiazole rings is 1. The first-order valence-corrected chi connectivity index (χ1v) is 17.3. The lowest BCUT2D eigenvalue weighted by Crippen LogP contribution is -2.30. The smallest absolute Gasteiger partial charge is 0.194 e. The summed E-state index contributed by atoms with van der Waals surface area (Å²) in [5.74, 6) is 1.74. The number of aromatic nitrogens is 2. The summed E-state index contributed by atoms with van der Waals surface area (Å²) in [4.78, 5) is 13.5. The zero-order chi connectivity index (χ0) is 30.9. The molecule has 0 saturated heterocycles. The molecule has 1 unspecified atom stereocenters. The minimum atomic E-state index is -0.0635. The van der Waals surface area contributed by atoms with Gasteiger partial charge in [0.05, 0.1) is 29.2 Å². The molecule has 3 heterocycles. The third-order valence-corrected chi connectivity index (χ3v) is 9.61. The SMILES string of the molecule is CC(C#N)CN1CCCCCCc2ccccc2-c2nc(sc2-c2cccc(OCCC(C)(C)C)c2)NSc2cccc1n2. The molecule has 44 heavy (non-hydrogen) atoms. The highest BCUT2D eigenvalue weighted by Gasteiger charge is 2.20. The van der Waals surface area contributed by atoms with Crippen LogP contribution in [0.3, 0.4) is 0 Å². The van der Waals surface area contributed by atoms with E-state index in [2.05, 4.69) is 85.0 Å². The summed E-state index contributed by atoms with van der Waals surface area (Å²) < 4.78 is 9.69. The minimum Gasteiger partial charge on any atom is -0.494 e. The predicted octanol–water partition coefficient (Wildman–Crippen LogP) is 9.89. The van der Waals surface area contributed by atoms with Crippen molar-refractivity contribution in [1.29, 1.82) is 5.26 Å². The maximum atomic E-state index is 9.49. The van der Waals surface area contributed by atoms with Gasteiger partial charge in [-0.05, 0) is 73.4 Å². The molecule has 2 aromatic heterocycles. The highest BCUT2D eigenvalue weighted by atomic mass is 32.2. The van der Waals surface area contributed by atoms with Gasteiger partial charge < -0.3 is 14.4 Å². The standard InChI is InChI=1S/C36H43N5OS2/c1-26(24-37)25-41-21-10-6-5-7-13-27-14-8-9-17-30(27)33-34(28-15-11-16-29(23-28)42-22-20-36(2,3)4)43-35(39-33)40-44-32-19-12-18-31(41)38-32/h8-9,11-12,14-19,23,26H,5-7,10,13,20-22,25H2,1-4H3,(H,39,40). The van der Waals surface area contributed by atoms with Crippen LogP contribution in [0.1, 0.15) is 65.4 Å². The number of nitrogens with zero attached hydrogens (tertiary/aromatic N) is 4. The monoisotopic (exact) mass is 625 g/mol. The van der Waals surface area contributed by atoms with Gasteiger partial charge >= 0.3 is 0 Å². The topological polar surface area (TPSA) is 74.1 Å². The quantitative estimate of drug-likeness (QED) is 0.214. The van der Waals surface area contributed by atoms with Crippen molar-refractivity contribution in [2.45, 2.75) is 71.2 Å². The number of rotatable bonds is 6. The zero-order valence-corrected chi connectivity index (χ0v) is 27.9. The molecule has 5 rings (SSSR count). The van der Waals surface area contributed by atoms with Crippen molar-refractivity contribution in [3.63, 3.8) is 0 Å². The van der Waals surface area contributed by atoms with Gasteiger partial charge in [0.1, 0.15) is 16.6 Å². The van der Waals surface area contributed by atoms with E-state index in [0.29, 0.717) is 13.2 Å². The van der Waals surface area contributed by atoms with Gasteiger partial charge in [0.15, 0.2) is 5.13 Å². The Labute approximate surface area is 271 Å². The van der Waals surface area contributed by atoms with Crippen LogP contribution in [-0.2, 0) is 6.42 Å². The maximum absolute atomic E-state index is 9.49. The Balaban J connectivity index is 1.48. The Kier molecular flexibility index (Phi) is 10.8. The van der Waals surface area contributed by atoms with Gasteiger partial charge in [0.2, 0.25) is 0 Å². The van der Waals surface area contributed by atoms with Crippen LogP contribution < -0.4 is 14.4 Å². The lowest BCUT2D eigenvalue weighted by atomic mass is 9.93. The van der Waals surface area contributed by atoms with Gasteiger partial charge in [-0.2, -0.15) is 5.26 Å². The molecular formula is C36H43N5OS2. The van der Waals surface area contributed by atoms with Crippen molar-refractivity contribution in [2.75, 3.05) is 29.3 Å². The number of fused-ring (bicyclic) bond motifs is 6. The van der Waals surface area contributed by atoms with E-state index < -0.39 is 0 Å². The molecule has 1 aliphatic rings. The van der Waals surface area contributed by atoms with Gasteiger partial charge in [-0.3, -0.25) is 0 Å². The number of aryl methyl sites for hydroxylation is 1. The van der Waals surface area contributed by atoms with E-state index >= 15 is 0 Å². The van der Waals surface area contributed by atoms with E-state index in [0.717, 1.165) is 82.9 Å². The zero-order valence-electron chi connectivity index (χ0n) is 26.3. The molecule has 8 heteroatoms. The summed E-state index contributed by atoms with van der Waals surface area (Å²) in [7, 11) is 0. The summed E-state index contributed by atoms with van der Waals surface area (Å²) in [6, 6.07) is 25.6. The molecule has 0 saturated carbocycles. The fourth-order valence-corrected chi connectivity index (χ4v) is 6.93. The molecule has 0 aliphatic carbocycles. The summed E-state index contributed by atoms with van der Waals surface area (Å²) in [6.07, 6.45) is 6.50. The normalized spacial score (nSPS) is 14.9. The number of nitrogens with one attached hydrogen (secondary N) is 1. The van der Waals surface area contributed by atoms with Crippen molar-refractivity contribution in [2.24, 2.45) is 11.3 Å². The van der Waals surface area contributed by atoms with Gasteiger partial charge in [0.25, 0.3) is 0 Å². The number of pyridine rings is 1. The second-order valence-corrected chi connectivity index (χ2v) is 14.5. The van der Waals surface area contributed by atoms with E-state index in [1.165, 1.54) is 23.1 Å². The van der Waals surface area contributed by atoms with E-state index in [1.54, 1.807) is 11.3 Å². The van der Waals surface area contributed by atoms with Gasteiger partial charge in [0, 0.05) is 30.6 Å². The van der Waals surface area contributed by atoms with E-state index in [4.69, 9.17) is 14.7 Å². The van der Waals surface area contributed by atoms with Crippen molar-refractivity contribution < 1.29 is 4.74 Å². The molecular weight excluding hydrogens is 583 g/mol. The Morgan fingerprint density at radius 3 is 2.66 bits per heavy atom. The van der Waals surface area contributed by atoms with Gasteiger partial charge in [-0.1, -0.05) is 87.4 Å². The highest BCUT2D eigenvalue weighted by molar-refractivity contribution is 8.00. The number of ether oxygens (including phenoxy) is 1. The van der Waals surface area contributed by atoms with Crippen LogP contribution in [0.15, 0.2) is 71.8 Å². The lowest BCUT2D eigenvalue weighted by Gasteiger charge is -2.25. The first-order chi connectivity index (χ1) is 21.3. The molecule has 4 aromatic rings. The number of hydrogen-bond acceptors (Lipinski definition) is 8. The van der Waals surface area contributed by atoms with Crippen LogP contribution in [0.5, 0.6) is 5.75 Å². The lowest BCUT2D eigenvalue weighted by molar-refractivity contribution is 0.243. The molecule has 6 nitrogen and oxygen atoms in total. The average molecular weight is 626 g/mol. The first-order valence-electron chi connectivity index (χ1n) is 15.7. The number of nitriles is 1. The van der Waals surface area contributed by atoms with Gasteiger partial charge in [-0.15, -0.1) is 0 Å². The predicted molar refractivity (Wildman–Crippen MR) is 185 cm³/mol. The average Bonchev–Trinajstić information content (AvgIpc) is 3.44. The number of benzene rings is 2. The Morgan fingerprint density at radius 2 is 1.82 bits per heavy atom. The van der Waals surface area contributed by atoms with E-state index in [9.17, 15) is 5.26 Å². The summed E-state index contributed by atoms with van der Waals surface area (Å²) in [5.41, 5.74) is 4.86. The fourth-order valence-electron chi connectivity index (χ4n) is 5.29. The molecule has 4 bridgehead atoms. The van der Waals surface area contributed by atoms with Crippen LogP contribution in [0.4, 0.5) is 10.9 Å². The first kappa shape index (κ1) is 31.9. The molecule has 0 spiro atoms. The molecule has 2 aromatic carbocycles. The van der Waals surface area contributed by atoms with Crippen molar-refractivity contribution in [3.05, 3.63) is 72.3 Å². The number of anilines is 2. The molecule has 230 valence electrons. The summed E-state index contributed by atoms with van der Waals surface area (Å²) >= 11 is 3.14. The van der Waals surface area contributed by atoms with E-state index in [1.807, 2.05) is 25.1 Å². The fraction of sp³-hybridized carbons (Fsp3) is 0.417. The molecule has 1 N–H and O–H groups in total. The largest absolute Gasteiger partial charge is 0.494 e. The third kappa shape index (κ3) is 8.77. The third-order valence-electron chi connectivity index (χ3n) is 7.73. The van der Waals surface area contributed by atoms with E-state index in [-0.39, 0.29) is 11.3 Å². The Hall–Kier alpha value is -3.54. The van der Waals surface area contributed by atoms with Crippen molar-refractivity contribution in [3.8, 4) is 33.5 Å². The summed E-state index contributed by atoms with van der Waals surface area (Å²) in [6.45, 7) is 11.0. The maximum Gasteiger partial charge on any atom is 0.194 e. The molecule has 0 radical (unpaired) electrons. The van der Waals surface area contributed by atoms with Crippen LogP contribution in [0.2, 0.25) is 0 Å². The summed E-state index contributed by atoms with van der Waals surface area (Å²) in [5, 5.41) is 11.2. The number of hydrogen-bond donors (Lipinski definition) is 1. The second-order valence-electron chi connectivity index (χ2n) is 12.7.